The fraction of sp³-hybridized carbons (Fsp3) is 0.520. The summed E-state index contributed by atoms with van der Waals surface area (Å²) < 4.78 is 1.28. The van der Waals surface area contributed by atoms with Crippen LogP contribution < -0.4 is 27.2 Å². The standard InChI is InChI=1S/C25H37N5O4/c1-14(2)12-29(22-23(26)30(13-15(3)4)25(34)28-24(22)33)20(32)9-8-19(31)27-21-17(6)10-16(5)11-18(21)7/h10-11,14-15H,8-9,12-13,26H2,1-7H3,(H,27,31)(H,28,33,34). The van der Waals surface area contributed by atoms with Gasteiger partial charge in [-0.25, -0.2) is 4.79 Å². The Kier molecular flexibility index (Phi) is 8.84. The van der Waals surface area contributed by atoms with Gasteiger partial charge >= 0.3 is 5.69 Å². The maximum Gasteiger partial charge on any atom is 0.330 e. The zero-order valence-electron chi connectivity index (χ0n) is 21.2. The van der Waals surface area contributed by atoms with Gasteiger partial charge < -0.3 is 16.0 Å². The summed E-state index contributed by atoms with van der Waals surface area (Å²) >= 11 is 0. The number of aryl methyl sites for hydroxylation is 3. The lowest BCUT2D eigenvalue weighted by atomic mass is 10.0. The second-order valence-corrected chi connectivity index (χ2v) is 9.72. The fourth-order valence-corrected chi connectivity index (χ4v) is 4.00. The lowest BCUT2D eigenvalue weighted by Gasteiger charge is -2.26. The van der Waals surface area contributed by atoms with Crippen LogP contribution in [0.25, 0.3) is 0 Å². The summed E-state index contributed by atoms with van der Waals surface area (Å²) in [5.41, 5.74) is 8.59. The van der Waals surface area contributed by atoms with Crippen LogP contribution in [0.3, 0.4) is 0 Å². The number of nitrogens with two attached hydrogens (primary N) is 1. The molecular formula is C25H37N5O4. The molecule has 1 aromatic carbocycles. The number of carbonyl (C=O) groups is 2. The number of benzene rings is 1. The Morgan fingerprint density at radius 3 is 2.15 bits per heavy atom. The predicted molar refractivity (Wildman–Crippen MR) is 136 cm³/mol. The van der Waals surface area contributed by atoms with Crippen LogP contribution >= 0.6 is 0 Å². The Morgan fingerprint density at radius 2 is 1.62 bits per heavy atom. The normalized spacial score (nSPS) is 11.2. The Bertz CT molecular complexity index is 1150. The number of hydrogen-bond acceptors (Lipinski definition) is 5. The Balaban J connectivity index is 2.28. The smallest absolute Gasteiger partial charge is 0.330 e. The third-order valence-corrected chi connectivity index (χ3v) is 5.39. The van der Waals surface area contributed by atoms with Crippen molar-refractivity contribution in [2.45, 2.75) is 67.9 Å². The Labute approximate surface area is 200 Å². The molecule has 0 atom stereocenters. The zero-order chi connectivity index (χ0) is 25.7. The van der Waals surface area contributed by atoms with Crippen LogP contribution in [0.1, 0.15) is 57.2 Å². The molecule has 0 fully saturated rings. The predicted octanol–water partition coefficient (Wildman–Crippen LogP) is 3.11. The Hall–Kier alpha value is -3.36. The SMILES string of the molecule is Cc1cc(C)c(NC(=O)CCC(=O)N(CC(C)C)c2c(N)n(CC(C)C)c(=O)[nH]c2=O)c(C)c1. The minimum absolute atomic E-state index is 0.0277. The van der Waals surface area contributed by atoms with Crippen molar-refractivity contribution in [3.63, 3.8) is 0 Å². The maximum absolute atomic E-state index is 13.2. The highest BCUT2D eigenvalue weighted by Gasteiger charge is 2.25. The molecule has 0 radical (unpaired) electrons. The summed E-state index contributed by atoms with van der Waals surface area (Å²) in [7, 11) is 0. The van der Waals surface area contributed by atoms with Gasteiger partial charge in [0.05, 0.1) is 0 Å². The molecule has 1 aromatic heterocycles. The first-order chi connectivity index (χ1) is 15.8. The summed E-state index contributed by atoms with van der Waals surface area (Å²) in [5, 5.41) is 2.89. The van der Waals surface area contributed by atoms with Crippen molar-refractivity contribution in [2.24, 2.45) is 11.8 Å². The van der Waals surface area contributed by atoms with E-state index in [-0.39, 0.29) is 48.6 Å². The molecule has 0 aliphatic carbocycles. The average molecular weight is 472 g/mol. The van der Waals surface area contributed by atoms with Crippen LogP contribution in [0.5, 0.6) is 0 Å². The molecule has 2 aromatic rings. The molecule has 0 aliphatic heterocycles. The summed E-state index contributed by atoms with van der Waals surface area (Å²) in [6.45, 7) is 14.0. The maximum atomic E-state index is 13.2. The molecule has 0 aliphatic rings. The van der Waals surface area contributed by atoms with E-state index in [1.165, 1.54) is 9.47 Å². The van der Waals surface area contributed by atoms with E-state index in [1.807, 2.05) is 60.6 Å². The molecule has 0 saturated heterocycles. The van der Waals surface area contributed by atoms with E-state index in [9.17, 15) is 19.2 Å². The first-order valence-corrected chi connectivity index (χ1v) is 11.6. The number of carbonyl (C=O) groups excluding carboxylic acids is 2. The molecule has 9 heteroatoms. The first kappa shape index (κ1) is 26.9. The van der Waals surface area contributed by atoms with Gasteiger partial charge in [-0.2, -0.15) is 0 Å². The van der Waals surface area contributed by atoms with E-state index in [0.29, 0.717) is 6.54 Å². The highest BCUT2D eigenvalue weighted by atomic mass is 16.2. The third-order valence-electron chi connectivity index (χ3n) is 5.39. The number of aromatic nitrogens is 2. The minimum Gasteiger partial charge on any atom is -0.383 e. The van der Waals surface area contributed by atoms with Crippen LogP contribution in [0.2, 0.25) is 0 Å². The van der Waals surface area contributed by atoms with E-state index >= 15 is 0 Å². The largest absolute Gasteiger partial charge is 0.383 e. The van der Waals surface area contributed by atoms with Crippen molar-refractivity contribution in [1.29, 1.82) is 0 Å². The van der Waals surface area contributed by atoms with Crippen LogP contribution in [0.15, 0.2) is 21.7 Å². The number of rotatable bonds is 9. The topological polar surface area (TPSA) is 130 Å². The van der Waals surface area contributed by atoms with Crippen LogP contribution in [-0.4, -0.2) is 27.9 Å². The quantitative estimate of drug-likeness (QED) is 0.517. The van der Waals surface area contributed by atoms with E-state index in [1.54, 1.807) is 0 Å². The molecule has 186 valence electrons. The summed E-state index contributed by atoms with van der Waals surface area (Å²) in [5.74, 6) is -0.621. The summed E-state index contributed by atoms with van der Waals surface area (Å²) in [6.07, 6.45) is -0.158. The van der Waals surface area contributed by atoms with Gasteiger partial charge in [-0.1, -0.05) is 45.4 Å². The number of nitrogens with zero attached hydrogens (tertiary/aromatic N) is 2. The van der Waals surface area contributed by atoms with Gasteiger partial charge in [-0.15, -0.1) is 0 Å². The molecule has 0 saturated carbocycles. The van der Waals surface area contributed by atoms with Gasteiger partial charge in [-0.05, 0) is 43.7 Å². The summed E-state index contributed by atoms with van der Waals surface area (Å²) in [6, 6.07) is 3.97. The van der Waals surface area contributed by atoms with Crippen molar-refractivity contribution in [3.8, 4) is 0 Å². The zero-order valence-corrected chi connectivity index (χ0v) is 21.2. The van der Waals surface area contributed by atoms with E-state index in [0.717, 1.165) is 22.4 Å². The monoisotopic (exact) mass is 471 g/mol. The van der Waals surface area contributed by atoms with Gasteiger partial charge in [-0.3, -0.25) is 23.9 Å². The molecule has 1 heterocycles. The number of H-pyrrole nitrogens is 1. The molecule has 9 nitrogen and oxygen atoms in total. The molecule has 34 heavy (non-hydrogen) atoms. The van der Waals surface area contributed by atoms with E-state index in [4.69, 9.17) is 5.73 Å². The van der Waals surface area contributed by atoms with Crippen molar-refractivity contribution in [1.82, 2.24) is 9.55 Å². The van der Waals surface area contributed by atoms with Gasteiger partial charge in [0.1, 0.15) is 5.82 Å². The van der Waals surface area contributed by atoms with Crippen molar-refractivity contribution in [2.75, 3.05) is 22.5 Å². The molecule has 4 N–H and O–H groups in total. The molecule has 2 rings (SSSR count). The minimum atomic E-state index is -0.716. The average Bonchev–Trinajstić information content (AvgIpc) is 2.70. The molecule has 0 spiro atoms. The van der Waals surface area contributed by atoms with Crippen molar-refractivity contribution < 1.29 is 9.59 Å². The molecule has 2 amide bonds. The number of anilines is 3. The van der Waals surface area contributed by atoms with Crippen LogP contribution in [0.4, 0.5) is 17.2 Å². The van der Waals surface area contributed by atoms with Crippen molar-refractivity contribution in [3.05, 3.63) is 49.7 Å². The third kappa shape index (κ3) is 6.59. The molecule has 0 unspecified atom stereocenters. The fourth-order valence-electron chi connectivity index (χ4n) is 4.00. The molecular weight excluding hydrogens is 434 g/mol. The van der Waals surface area contributed by atoms with E-state index in [2.05, 4.69) is 10.3 Å². The van der Waals surface area contributed by atoms with Gasteiger partial charge in [0.15, 0.2) is 5.69 Å². The van der Waals surface area contributed by atoms with Gasteiger partial charge in [0.2, 0.25) is 11.8 Å². The second kappa shape index (κ2) is 11.2. The Morgan fingerprint density at radius 1 is 1.03 bits per heavy atom. The number of nitrogens with one attached hydrogen (secondary N) is 2. The lowest BCUT2D eigenvalue weighted by Crippen LogP contribution is -2.43. The van der Waals surface area contributed by atoms with Gasteiger partial charge in [0.25, 0.3) is 5.56 Å². The number of amides is 2. The van der Waals surface area contributed by atoms with Crippen LogP contribution in [-0.2, 0) is 16.1 Å². The van der Waals surface area contributed by atoms with Crippen LogP contribution in [0, 0.1) is 32.6 Å². The van der Waals surface area contributed by atoms with E-state index < -0.39 is 17.2 Å². The highest BCUT2D eigenvalue weighted by Crippen LogP contribution is 2.23. The highest BCUT2D eigenvalue weighted by molar-refractivity contribution is 5.99. The summed E-state index contributed by atoms with van der Waals surface area (Å²) in [4.78, 5) is 54.4. The number of nitrogen functional groups attached to an aromatic ring is 1. The lowest BCUT2D eigenvalue weighted by molar-refractivity contribution is -0.122. The first-order valence-electron chi connectivity index (χ1n) is 11.6. The number of hydrogen-bond donors (Lipinski definition) is 3. The second-order valence-electron chi connectivity index (χ2n) is 9.72. The van der Waals surface area contributed by atoms with Crippen molar-refractivity contribution >= 4 is 29.0 Å². The molecule has 0 bridgehead atoms. The number of aromatic amines is 1. The van der Waals surface area contributed by atoms with Gasteiger partial charge in [0, 0.05) is 31.6 Å².